The van der Waals surface area contributed by atoms with Crippen molar-refractivity contribution in [1.82, 2.24) is 0 Å². The zero-order chi connectivity index (χ0) is 13.2. The number of hydrogen-bond acceptors (Lipinski definition) is 3. The van der Waals surface area contributed by atoms with E-state index >= 15 is 0 Å². The van der Waals surface area contributed by atoms with E-state index in [4.69, 9.17) is 0 Å². The Labute approximate surface area is 107 Å². The molecule has 1 aromatic carbocycles. The second-order valence-electron chi connectivity index (χ2n) is 5.17. The Morgan fingerprint density at radius 2 is 2.28 bits per heavy atom. The van der Waals surface area contributed by atoms with E-state index < -0.39 is 11.0 Å². The Hall–Kier alpha value is -1.66. The molecule has 0 saturated carbocycles. The van der Waals surface area contributed by atoms with Gasteiger partial charge in [0.05, 0.1) is 11.7 Å². The average molecular weight is 243 g/mol. The summed E-state index contributed by atoms with van der Waals surface area (Å²) in [5, 5.41) is 20.2. The first-order valence-corrected chi connectivity index (χ1v) is 6.23. The van der Waals surface area contributed by atoms with E-state index in [-0.39, 0.29) is 6.42 Å². The standard InChI is InChI=1S/C15H17NO2/c1-14(18,9-10-17)15(11-16)8-4-6-12-5-2-3-7-13(12)15/h2-3,5,7,10,18H,4,6,8-9H2,1H3. The highest BCUT2D eigenvalue weighted by Crippen LogP contribution is 2.45. The third-order valence-corrected chi connectivity index (χ3v) is 4.07. The summed E-state index contributed by atoms with van der Waals surface area (Å²) in [7, 11) is 0. The van der Waals surface area contributed by atoms with Crippen LogP contribution < -0.4 is 0 Å². The first-order valence-electron chi connectivity index (χ1n) is 6.23. The molecule has 3 heteroatoms. The topological polar surface area (TPSA) is 61.1 Å². The third-order valence-electron chi connectivity index (χ3n) is 4.07. The van der Waals surface area contributed by atoms with Gasteiger partial charge in [0.25, 0.3) is 0 Å². The molecule has 1 N–H and O–H groups in total. The quantitative estimate of drug-likeness (QED) is 0.827. The normalized spacial score (nSPS) is 25.6. The number of aryl methyl sites for hydroxylation is 1. The maximum atomic E-state index is 10.8. The second kappa shape index (κ2) is 4.55. The fourth-order valence-electron chi connectivity index (χ4n) is 2.97. The molecule has 0 heterocycles. The van der Waals surface area contributed by atoms with Crippen LogP contribution in [0.4, 0.5) is 0 Å². The van der Waals surface area contributed by atoms with Gasteiger partial charge < -0.3 is 9.90 Å². The van der Waals surface area contributed by atoms with Crippen LogP contribution in [0.5, 0.6) is 0 Å². The number of fused-ring (bicyclic) bond motifs is 1. The minimum Gasteiger partial charge on any atom is -0.388 e. The highest BCUT2D eigenvalue weighted by Gasteiger charge is 2.50. The van der Waals surface area contributed by atoms with Gasteiger partial charge in [0.2, 0.25) is 0 Å². The fraction of sp³-hybridized carbons (Fsp3) is 0.467. The summed E-state index contributed by atoms with van der Waals surface area (Å²) in [6.45, 7) is 1.59. The number of nitriles is 1. The summed E-state index contributed by atoms with van der Waals surface area (Å²) in [5.74, 6) is 0. The van der Waals surface area contributed by atoms with Gasteiger partial charge >= 0.3 is 0 Å². The number of aliphatic hydroxyl groups is 1. The molecule has 0 amide bonds. The largest absolute Gasteiger partial charge is 0.388 e. The van der Waals surface area contributed by atoms with Gasteiger partial charge in [-0.15, -0.1) is 0 Å². The zero-order valence-corrected chi connectivity index (χ0v) is 10.5. The molecule has 18 heavy (non-hydrogen) atoms. The molecule has 0 aromatic heterocycles. The maximum absolute atomic E-state index is 10.8. The van der Waals surface area contributed by atoms with Crippen LogP contribution in [0.1, 0.15) is 37.3 Å². The maximum Gasteiger partial charge on any atom is 0.122 e. The predicted molar refractivity (Wildman–Crippen MR) is 68.0 cm³/mol. The second-order valence-corrected chi connectivity index (χ2v) is 5.17. The van der Waals surface area contributed by atoms with Crippen LogP contribution in [-0.2, 0) is 16.6 Å². The molecule has 3 nitrogen and oxygen atoms in total. The highest BCUT2D eigenvalue weighted by molar-refractivity contribution is 5.55. The fourth-order valence-corrected chi connectivity index (χ4v) is 2.97. The summed E-state index contributed by atoms with van der Waals surface area (Å²) in [6.07, 6.45) is 3.06. The van der Waals surface area contributed by atoms with Gasteiger partial charge in [-0.25, -0.2) is 0 Å². The van der Waals surface area contributed by atoms with Crippen LogP contribution in [0.25, 0.3) is 0 Å². The molecule has 0 saturated heterocycles. The van der Waals surface area contributed by atoms with Gasteiger partial charge in [-0.2, -0.15) is 5.26 Å². The summed E-state index contributed by atoms with van der Waals surface area (Å²) in [5.41, 5.74) is -0.301. The molecular formula is C15H17NO2. The van der Waals surface area contributed by atoms with E-state index in [9.17, 15) is 15.2 Å². The van der Waals surface area contributed by atoms with Crippen molar-refractivity contribution in [2.45, 2.75) is 43.6 Å². The lowest BCUT2D eigenvalue weighted by atomic mass is 9.61. The molecule has 1 aliphatic rings. The number of aldehydes is 1. The lowest BCUT2D eigenvalue weighted by Gasteiger charge is -2.43. The van der Waals surface area contributed by atoms with Gasteiger partial charge in [-0.1, -0.05) is 24.3 Å². The first-order chi connectivity index (χ1) is 8.57. The number of carbonyl (C=O) groups excluding carboxylic acids is 1. The molecule has 2 unspecified atom stereocenters. The highest BCUT2D eigenvalue weighted by atomic mass is 16.3. The monoisotopic (exact) mass is 243 g/mol. The Kier molecular flexibility index (Phi) is 3.23. The molecule has 2 rings (SSSR count). The van der Waals surface area contributed by atoms with E-state index in [1.807, 2.05) is 24.3 Å². The molecule has 0 spiro atoms. The predicted octanol–water partition coefficient (Wildman–Crippen LogP) is 2.12. The Balaban J connectivity index is 2.60. The van der Waals surface area contributed by atoms with Gasteiger partial charge in [-0.05, 0) is 37.3 Å². The van der Waals surface area contributed by atoms with Crippen molar-refractivity contribution in [2.75, 3.05) is 0 Å². The zero-order valence-electron chi connectivity index (χ0n) is 10.5. The smallest absolute Gasteiger partial charge is 0.122 e. The number of nitrogens with zero attached hydrogens (tertiary/aromatic N) is 1. The molecule has 1 aromatic rings. The molecule has 0 bridgehead atoms. The van der Waals surface area contributed by atoms with Crippen LogP contribution in [0, 0.1) is 11.3 Å². The van der Waals surface area contributed by atoms with E-state index in [1.165, 1.54) is 0 Å². The third kappa shape index (κ3) is 1.74. The van der Waals surface area contributed by atoms with Gasteiger partial charge in [0, 0.05) is 6.42 Å². The van der Waals surface area contributed by atoms with Crippen molar-refractivity contribution in [3.63, 3.8) is 0 Å². The van der Waals surface area contributed by atoms with Crippen molar-refractivity contribution in [3.05, 3.63) is 35.4 Å². The van der Waals surface area contributed by atoms with Crippen LogP contribution in [0.3, 0.4) is 0 Å². The average Bonchev–Trinajstić information content (AvgIpc) is 2.37. The van der Waals surface area contributed by atoms with E-state index in [0.29, 0.717) is 12.7 Å². The number of benzene rings is 1. The lowest BCUT2D eigenvalue weighted by Crippen LogP contribution is -2.50. The number of rotatable bonds is 3. The van der Waals surface area contributed by atoms with Crippen LogP contribution in [0.15, 0.2) is 24.3 Å². The van der Waals surface area contributed by atoms with Crippen LogP contribution in [0.2, 0.25) is 0 Å². The molecule has 1 aliphatic carbocycles. The van der Waals surface area contributed by atoms with Crippen molar-refractivity contribution < 1.29 is 9.90 Å². The van der Waals surface area contributed by atoms with Gasteiger partial charge in [0.15, 0.2) is 0 Å². The molecule has 0 radical (unpaired) electrons. The molecule has 94 valence electrons. The molecular weight excluding hydrogens is 226 g/mol. The number of hydrogen-bond donors (Lipinski definition) is 1. The molecule has 2 atom stereocenters. The summed E-state index contributed by atoms with van der Waals surface area (Å²) < 4.78 is 0. The van der Waals surface area contributed by atoms with Crippen LogP contribution in [-0.4, -0.2) is 17.0 Å². The lowest BCUT2D eigenvalue weighted by molar-refractivity contribution is -0.114. The van der Waals surface area contributed by atoms with Gasteiger partial charge in [0.1, 0.15) is 11.7 Å². The minimum atomic E-state index is -1.32. The molecule has 0 fully saturated rings. The van der Waals surface area contributed by atoms with E-state index in [0.717, 1.165) is 24.0 Å². The summed E-state index contributed by atoms with van der Waals surface area (Å²) in [6, 6.07) is 10.0. The van der Waals surface area contributed by atoms with Crippen molar-refractivity contribution in [1.29, 1.82) is 5.26 Å². The molecule has 0 aliphatic heterocycles. The van der Waals surface area contributed by atoms with Crippen molar-refractivity contribution in [3.8, 4) is 6.07 Å². The van der Waals surface area contributed by atoms with Gasteiger partial charge in [-0.3, -0.25) is 0 Å². The number of carbonyl (C=O) groups is 1. The first kappa shape index (κ1) is 12.8. The van der Waals surface area contributed by atoms with E-state index in [1.54, 1.807) is 6.92 Å². The SMILES string of the molecule is CC(O)(CC=O)C1(C#N)CCCc2ccccc21. The van der Waals surface area contributed by atoms with Crippen LogP contribution >= 0.6 is 0 Å². The summed E-state index contributed by atoms with van der Waals surface area (Å²) in [4.78, 5) is 10.8. The van der Waals surface area contributed by atoms with Crippen molar-refractivity contribution >= 4 is 6.29 Å². The van der Waals surface area contributed by atoms with E-state index in [2.05, 4.69) is 6.07 Å². The Bertz CT molecular complexity index is 501. The Morgan fingerprint density at radius 1 is 1.56 bits per heavy atom. The minimum absolute atomic E-state index is 0.0190. The summed E-state index contributed by atoms with van der Waals surface area (Å²) >= 11 is 0. The Morgan fingerprint density at radius 3 is 2.94 bits per heavy atom. The van der Waals surface area contributed by atoms with Crippen molar-refractivity contribution in [2.24, 2.45) is 0 Å².